The van der Waals surface area contributed by atoms with Gasteiger partial charge in [0.15, 0.2) is 0 Å². The van der Waals surface area contributed by atoms with Gasteiger partial charge in [0, 0.05) is 16.6 Å². The number of benzene rings is 1. The van der Waals surface area contributed by atoms with Gasteiger partial charge in [0.1, 0.15) is 9.71 Å². The Labute approximate surface area is 135 Å². The van der Waals surface area contributed by atoms with E-state index in [9.17, 15) is 4.79 Å². The molecule has 0 saturated heterocycles. The first-order valence-electron chi connectivity index (χ1n) is 6.12. The van der Waals surface area contributed by atoms with Gasteiger partial charge in [0.2, 0.25) is 5.78 Å². The first kappa shape index (κ1) is 14.3. The van der Waals surface area contributed by atoms with Crippen LogP contribution in [0, 0.1) is 6.92 Å². The van der Waals surface area contributed by atoms with Crippen LogP contribution in [0.4, 0.5) is 5.69 Å². The van der Waals surface area contributed by atoms with Crippen LogP contribution in [0.25, 0.3) is 10.2 Å². The molecular formula is C15H10Cl2N2OS. The lowest BCUT2D eigenvalue weighted by molar-refractivity contribution is 0.104. The van der Waals surface area contributed by atoms with Gasteiger partial charge in [-0.3, -0.25) is 4.79 Å². The second-order valence-corrected chi connectivity index (χ2v) is 6.42. The van der Waals surface area contributed by atoms with Gasteiger partial charge in [-0.2, -0.15) is 0 Å². The van der Waals surface area contributed by atoms with Crippen LogP contribution in [0.15, 0.2) is 30.3 Å². The number of nitrogen functional groups attached to an aromatic ring is 1. The molecule has 0 atom stereocenters. The summed E-state index contributed by atoms with van der Waals surface area (Å²) in [5.41, 5.74) is 7.89. The fourth-order valence-electron chi connectivity index (χ4n) is 2.03. The highest BCUT2D eigenvalue weighted by molar-refractivity contribution is 7.21. The Balaban J connectivity index is 2.13. The fourth-order valence-corrected chi connectivity index (χ4v) is 3.43. The Morgan fingerprint density at radius 1 is 1.19 bits per heavy atom. The highest BCUT2D eigenvalue weighted by atomic mass is 35.5. The molecule has 2 N–H and O–H groups in total. The predicted octanol–water partition coefficient (Wildman–Crippen LogP) is 4.72. The summed E-state index contributed by atoms with van der Waals surface area (Å²) < 4.78 is 0. The zero-order valence-electron chi connectivity index (χ0n) is 11.0. The molecule has 0 radical (unpaired) electrons. The lowest BCUT2D eigenvalue weighted by Crippen LogP contribution is -2.02. The number of pyridine rings is 1. The average Bonchev–Trinajstić information content (AvgIpc) is 2.77. The quantitative estimate of drug-likeness (QED) is 0.688. The molecule has 2 aromatic heterocycles. The maximum atomic E-state index is 12.6. The minimum absolute atomic E-state index is 0.174. The van der Waals surface area contributed by atoms with E-state index in [-0.39, 0.29) is 5.78 Å². The SMILES string of the molecule is Cc1ccc2c(N)c(C(=O)c3ccc(Cl)c(Cl)c3)sc2n1. The number of nitrogens with zero attached hydrogens (tertiary/aromatic N) is 1. The van der Waals surface area contributed by atoms with Crippen molar-refractivity contribution in [3.8, 4) is 0 Å². The minimum atomic E-state index is -0.174. The molecular weight excluding hydrogens is 327 g/mol. The van der Waals surface area contributed by atoms with Gasteiger partial charge in [-0.05, 0) is 37.3 Å². The van der Waals surface area contributed by atoms with E-state index < -0.39 is 0 Å². The molecule has 6 heteroatoms. The molecule has 1 aromatic carbocycles. The number of nitrogens with two attached hydrogens (primary N) is 1. The van der Waals surface area contributed by atoms with Gasteiger partial charge >= 0.3 is 0 Å². The Kier molecular flexibility index (Phi) is 3.61. The van der Waals surface area contributed by atoms with E-state index in [0.717, 1.165) is 15.9 Å². The Morgan fingerprint density at radius 2 is 1.95 bits per heavy atom. The average molecular weight is 337 g/mol. The molecule has 0 fully saturated rings. The number of carbonyl (C=O) groups is 1. The summed E-state index contributed by atoms with van der Waals surface area (Å²) >= 11 is 13.1. The predicted molar refractivity (Wildman–Crippen MR) is 88.7 cm³/mol. The molecule has 0 aliphatic heterocycles. The van der Waals surface area contributed by atoms with Gasteiger partial charge in [-0.1, -0.05) is 23.2 Å². The molecule has 0 amide bonds. The molecule has 3 nitrogen and oxygen atoms in total. The summed E-state index contributed by atoms with van der Waals surface area (Å²) in [5, 5.41) is 1.56. The van der Waals surface area contributed by atoms with Gasteiger partial charge in [-0.15, -0.1) is 11.3 Å². The van der Waals surface area contributed by atoms with Gasteiger partial charge in [0.05, 0.1) is 15.7 Å². The third-order valence-corrected chi connectivity index (χ3v) is 4.97. The largest absolute Gasteiger partial charge is 0.397 e. The van der Waals surface area contributed by atoms with Crippen molar-refractivity contribution in [3.05, 3.63) is 56.5 Å². The smallest absolute Gasteiger partial charge is 0.205 e. The normalized spacial score (nSPS) is 11.0. The zero-order chi connectivity index (χ0) is 15.1. The molecule has 3 aromatic rings. The fraction of sp³-hybridized carbons (Fsp3) is 0.0667. The van der Waals surface area contributed by atoms with Crippen LogP contribution >= 0.6 is 34.5 Å². The maximum absolute atomic E-state index is 12.6. The number of aryl methyl sites for hydroxylation is 1. The van der Waals surface area contributed by atoms with Crippen LogP contribution in [-0.4, -0.2) is 10.8 Å². The Bertz CT molecular complexity index is 873. The van der Waals surface area contributed by atoms with E-state index in [4.69, 9.17) is 28.9 Å². The number of thiophene rings is 1. The van der Waals surface area contributed by atoms with Crippen molar-refractivity contribution < 1.29 is 4.79 Å². The summed E-state index contributed by atoms with van der Waals surface area (Å²) in [6.45, 7) is 1.90. The monoisotopic (exact) mass is 336 g/mol. The second kappa shape index (κ2) is 5.30. The van der Waals surface area contributed by atoms with Crippen LogP contribution in [-0.2, 0) is 0 Å². The summed E-state index contributed by atoms with van der Waals surface area (Å²) in [4.78, 5) is 18.2. The van der Waals surface area contributed by atoms with E-state index in [1.165, 1.54) is 11.3 Å². The molecule has 2 heterocycles. The van der Waals surface area contributed by atoms with E-state index in [0.29, 0.717) is 26.2 Å². The van der Waals surface area contributed by atoms with Gasteiger partial charge < -0.3 is 5.73 Å². The zero-order valence-corrected chi connectivity index (χ0v) is 13.3. The summed E-state index contributed by atoms with van der Waals surface area (Å²) in [5.74, 6) is -0.174. The van der Waals surface area contributed by atoms with Crippen LogP contribution in [0.2, 0.25) is 10.0 Å². The van der Waals surface area contributed by atoms with Gasteiger partial charge in [-0.25, -0.2) is 4.98 Å². The van der Waals surface area contributed by atoms with Crippen LogP contribution < -0.4 is 5.73 Å². The number of rotatable bonds is 2. The number of anilines is 1. The molecule has 21 heavy (non-hydrogen) atoms. The van der Waals surface area contributed by atoms with Gasteiger partial charge in [0.25, 0.3) is 0 Å². The van der Waals surface area contributed by atoms with Crippen molar-refractivity contribution in [1.29, 1.82) is 0 Å². The molecule has 0 spiro atoms. The lowest BCUT2D eigenvalue weighted by Gasteiger charge is -2.02. The topological polar surface area (TPSA) is 56.0 Å². The molecule has 0 saturated carbocycles. The number of halogens is 2. The van der Waals surface area contributed by atoms with Crippen molar-refractivity contribution in [1.82, 2.24) is 4.98 Å². The number of ketones is 1. The number of aromatic nitrogens is 1. The highest BCUT2D eigenvalue weighted by Crippen LogP contribution is 2.34. The summed E-state index contributed by atoms with van der Waals surface area (Å²) in [7, 11) is 0. The van der Waals surface area contributed by atoms with Crippen molar-refractivity contribution in [3.63, 3.8) is 0 Å². The van der Waals surface area contributed by atoms with E-state index in [2.05, 4.69) is 4.98 Å². The maximum Gasteiger partial charge on any atom is 0.205 e. The molecule has 0 aliphatic rings. The van der Waals surface area contributed by atoms with Crippen molar-refractivity contribution in [2.45, 2.75) is 6.92 Å². The number of fused-ring (bicyclic) bond motifs is 1. The summed E-state index contributed by atoms with van der Waals surface area (Å²) in [6.07, 6.45) is 0. The van der Waals surface area contributed by atoms with E-state index >= 15 is 0 Å². The van der Waals surface area contributed by atoms with Crippen molar-refractivity contribution >= 4 is 56.2 Å². The minimum Gasteiger partial charge on any atom is -0.397 e. The van der Waals surface area contributed by atoms with Crippen molar-refractivity contribution in [2.24, 2.45) is 0 Å². The molecule has 0 aliphatic carbocycles. The van der Waals surface area contributed by atoms with E-state index in [1.54, 1.807) is 18.2 Å². The van der Waals surface area contributed by atoms with Crippen LogP contribution in [0.3, 0.4) is 0 Å². The molecule has 0 unspecified atom stereocenters. The standard InChI is InChI=1S/C15H10Cl2N2OS/c1-7-2-4-9-12(18)14(21-15(9)19-7)13(20)8-3-5-10(16)11(17)6-8/h2-6H,18H2,1H3. The lowest BCUT2D eigenvalue weighted by atomic mass is 10.1. The Hall–Kier alpha value is -1.62. The van der Waals surface area contributed by atoms with Crippen molar-refractivity contribution in [2.75, 3.05) is 5.73 Å². The van der Waals surface area contributed by atoms with E-state index in [1.807, 2.05) is 19.1 Å². The molecule has 3 rings (SSSR count). The third kappa shape index (κ3) is 2.50. The molecule has 106 valence electrons. The number of hydrogen-bond acceptors (Lipinski definition) is 4. The third-order valence-electron chi connectivity index (χ3n) is 3.12. The number of carbonyl (C=O) groups excluding carboxylic acids is 1. The highest BCUT2D eigenvalue weighted by Gasteiger charge is 2.19. The summed E-state index contributed by atoms with van der Waals surface area (Å²) in [6, 6.07) is 8.55. The number of hydrogen-bond donors (Lipinski definition) is 1. The van der Waals surface area contributed by atoms with Crippen LogP contribution in [0.1, 0.15) is 20.9 Å². The van der Waals surface area contributed by atoms with Crippen LogP contribution in [0.5, 0.6) is 0 Å². The second-order valence-electron chi connectivity index (χ2n) is 4.61. The first-order valence-corrected chi connectivity index (χ1v) is 7.70. The Morgan fingerprint density at radius 3 is 2.67 bits per heavy atom. The molecule has 0 bridgehead atoms. The first-order chi connectivity index (χ1) is 9.97.